The fourth-order valence-electron chi connectivity index (χ4n) is 3.96. The molecular weight excluding hydrogens is 534 g/mol. The smallest absolute Gasteiger partial charge is 0.283 e. The first-order valence-electron chi connectivity index (χ1n) is 11.5. The Bertz CT molecular complexity index is 1730. The Balaban J connectivity index is 1.85. The maximum Gasteiger partial charge on any atom is 0.283 e. The van der Waals surface area contributed by atoms with Gasteiger partial charge in [0.05, 0.1) is 22.0 Å². The molecule has 0 bridgehead atoms. The number of aromatic nitrogens is 6. The highest BCUT2D eigenvalue weighted by atomic mass is 32.1. The number of hydrogen-bond acceptors (Lipinski definition) is 12. The summed E-state index contributed by atoms with van der Waals surface area (Å²) < 4.78 is 2.07. The second-order valence-electron chi connectivity index (χ2n) is 9.17. The molecule has 5 aromatic rings. The van der Waals surface area contributed by atoms with Crippen LogP contribution in [0.2, 0.25) is 0 Å². The predicted molar refractivity (Wildman–Crippen MR) is 140 cm³/mol. The topological polar surface area (TPSA) is 178 Å². The third-order valence-corrected chi connectivity index (χ3v) is 8.30. The highest BCUT2D eigenvalue weighted by Gasteiger charge is 2.33. The number of aromatic hydroxyl groups is 2. The molecule has 2 N–H and O–H groups in total. The van der Waals surface area contributed by atoms with Crippen molar-refractivity contribution in [3.8, 4) is 11.8 Å². The van der Waals surface area contributed by atoms with Crippen LogP contribution in [0.3, 0.4) is 0 Å². The molecule has 0 spiro atoms. The monoisotopic (exact) mass is 555 g/mol. The van der Waals surface area contributed by atoms with Crippen molar-refractivity contribution in [1.82, 2.24) is 29.2 Å². The summed E-state index contributed by atoms with van der Waals surface area (Å²) in [5, 5.41) is 43.0. The molecule has 0 aliphatic rings. The molecule has 15 heteroatoms. The number of rotatable bonds is 6. The molecule has 13 nitrogen and oxygen atoms in total. The lowest BCUT2D eigenvalue weighted by molar-refractivity contribution is -0.384. The maximum atomic E-state index is 13.7. The Morgan fingerprint density at radius 2 is 1.24 bits per heavy atom. The van der Waals surface area contributed by atoms with Crippen molar-refractivity contribution in [3.63, 3.8) is 0 Å². The lowest BCUT2D eigenvalue weighted by Gasteiger charge is -2.18. The Morgan fingerprint density at radius 1 is 0.816 bits per heavy atom. The number of nitro benzene ring substituents is 1. The van der Waals surface area contributed by atoms with Gasteiger partial charge >= 0.3 is 0 Å². The van der Waals surface area contributed by atoms with Crippen LogP contribution in [-0.2, 0) is 0 Å². The van der Waals surface area contributed by atoms with Gasteiger partial charge in [0.2, 0.25) is 21.7 Å². The molecule has 0 amide bonds. The molecule has 38 heavy (non-hydrogen) atoms. The van der Waals surface area contributed by atoms with Crippen molar-refractivity contribution in [2.45, 2.75) is 45.4 Å². The van der Waals surface area contributed by atoms with Crippen LogP contribution in [0.25, 0.3) is 9.92 Å². The SMILES string of the molecule is CC(C)c1nn2c(=O)c(C(c3ccc([N+](=O)[O-])cc3)c3c(O)nc4sc(C(C)C)nn4c3=O)c(O)nc2s1. The minimum atomic E-state index is -1.39. The van der Waals surface area contributed by atoms with E-state index in [9.17, 15) is 29.9 Å². The van der Waals surface area contributed by atoms with Gasteiger partial charge in [-0.2, -0.15) is 29.2 Å². The van der Waals surface area contributed by atoms with E-state index in [0.29, 0.717) is 10.0 Å². The third kappa shape index (κ3) is 4.09. The first-order chi connectivity index (χ1) is 18.0. The van der Waals surface area contributed by atoms with E-state index in [2.05, 4.69) is 20.2 Å². The highest BCUT2D eigenvalue weighted by molar-refractivity contribution is 7.17. The fourth-order valence-corrected chi connectivity index (χ4v) is 5.74. The zero-order chi connectivity index (χ0) is 27.5. The fraction of sp³-hybridized carbons (Fsp3) is 0.304. The molecule has 4 heterocycles. The van der Waals surface area contributed by atoms with E-state index in [-0.39, 0.29) is 44.1 Å². The molecule has 0 aliphatic heterocycles. The van der Waals surface area contributed by atoms with E-state index in [0.717, 1.165) is 31.7 Å². The second-order valence-corrected chi connectivity index (χ2v) is 11.1. The molecular formula is C23H21N7O6S2. The minimum absolute atomic E-state index is 0.0164. The first kappa shape index (κ1) is 25.4. The summed E-state index contributed by atoms with van der Waals surface area (Å²) in [7, 11) is 0. The van der Waals surface area contributed by atoms with Crippen molar-refractivity contribution in [1.29, 1.82) is 0 Å². The van der Waals surface area contributed by atoms with Crippen molar-refractivity contribution >= 4 is 38.3 Å². The van der Waals surface area contributed by atoms with Crippen LogP contribution in [0.4, 0.5) is 5.69 Å². The summed E-state index contributed by atoms with van der Waals surface area (Å²) in [5.74, 6) is -2.75. The van der Waals surface area contributed by atoms with Gasteiger partial charge in [-0.05, 0) is 5.56 Å². The molecule has 196 valence electrons. The molecule has 0 unspecified atom stereocenters. The minimum Gasteiger partial charge on any atom is -0.493 e. The molecule has 5 rings (SSSR count). The molecule has 0 saturated carbocycles. The molecule has 0 aliphatic carbocycles. The Kier molecular flexibility index (Phi) is 6.19. The standard InChI is InChI=1S/C23H21N7O6S2/c1-9(2)18-26-28-20(33)14(16(31)24-22(28)37-18)13(11-5-7-12(8-6-11)30(35)36)15-17(32)25-23-29(21(15)34)27-19(38-23)10(3)4/h5-10,13,31-32H,1-4H3. The number of non-ortho nitro benzene ring substituents is 1. The average Bonchev–Trinajstić information content (AvgIpc) is 3.48. The van der Waals surface area contributed by atoms with Crippen molar-refractivity contribution in [2.75, 3.05) is 0 Å². The summed E-state index contributed by atoms with van der Waals surface area (Å²) in [6.07, 6.45) is 0. The van der Waals surface area contributed by atoms with Crippen LogP contribution in [-0.4, -0.2) is 44.3 Å². The number of nitrogens with zero attached hydrogens (tertiary/aromatic N) is 7. The molecule has 0 saturated heterocycles. The zero-order valence-electron chi connectivity index (χ0n) is 20.5. The maximum absolute atomic E-state index is 13.7. The summed E-state index contributed by atoms with van der Waals surface area (Å²) >= 11 is 2.27. The van der Waals surface area contributed by atoms with Gasteiger partial charge in [0.15, 0.2) is 0 Å². The number of fused-ring (bicyclic) bond motifs is 2. The highest BCUT2D eigenvalue weighted by Crippen LogP contribution is 2.37. The van der Waals surface area contributed by atoms with Crippen LogP contribution in [0.15, 0.2) is 33.9 Å². The van der Waals surface area contributed by atoms with E-state index in [4.69, 9.17) is 0 Å². The van der Waals surface area contributed by atoms with Gasteiger partial charge in [-0.1, -0.05) is 62.5 Å². The van der Waals surface area contributed by atoms with E-state index < -0.39 is 33.7 Å². The van der Waals surface area contributed by atoms with Crippen LogP contribution in [0, 0.1) is 10.1 Å². The average molecular weight is 556 g/mol. The molecule has 0 fully saturated rings. The summed E-state index contributed by atoms with van der Waals surface area (Å²) in [5.41, 5.74) is -2.22. The molecule has 1 aromatic carbocycles. The van der Waals surface area contributed by atoms with Gasteiger partial charge < -0.3 is 10.2 Å². The summed E-state index contributed by atoms with van der Waals surface area (Å²) in [4.78, 5) is 46.6. The van der Waals surface area contributed by atoms with Crippen LogP contribution < -0.4 is 11.1 Å². The van der Waals surface area contributed by atoms with Gasteiger partial charge in [0.1, 0.15) is 10.0 Å². The summed E-state index contributed by atoms with van der Waals surface area (Å²) in [6, 6.07) is 5.07. The number of hydrogen-bond donors (Lipinski definition) is 2. The lowest BCUT2D eigenvalue weighted by Crippen LogP contribution is -2.29. The Hall–Kier alpha value is -4.24. The largest absolute Gasteiger partial charge is 0.493 e. The summed E-state index contributed by atoms with van der Waals surface area (Å²) in [6.45, 7) is 7.56. The third-order valence-electron chi connectivity index (χ3n) is 5.88. The van der Waals surface area contributed by atoms with E-state index in [1.54, 1.807) is 0 Å². The van der Waals surface area contributed by atoms with Crippen molar-refractivity contribution in [3.05, 3.63) is 81.8 Å². The molecule has 0 atom stereocenters. The van der Waals surface area contributed by atoms with Gasteiger partial charge in [-0.3, -0.25) is 19.7 Å². The molecule has 4 aromatic heterocycles. The van der Waals surface area contributed by atoms with Gasteiger partial charge in [-0.15, -0.1) is 0 Å². The Morgan fingerprint density at radius 3 is 1.61 bits per heavy atom. The predicted octanol–water partition coefficient (Wildman–Crippen LogP) is 3.36. The Labute approximate surface area is 221 Å². The van der Waals surface area contributed by atoms with Crippen LogP contribution in [0.1, 0.15) is 72.2 Å². The molecule has 0 radical (unpaired) electrons. The zero-order valence-corrected chi connectivity index (χ0v) is 22.1. The van der Waals surface area contributed by atoms with E-state index in [1.165, 1.54) is 24.3 Å². The van der Waals surface area contributed by atoms with Crippen LogP contribution in [0.5, 0.6) is 11.8 Å². The normalized spacial score (nSPS) is 12.0. The van der Waals surface area contributed by atoms with Gasteiger partial charge in [0.25, 0.3) is 16.8 Å². The quantitative estimate of drug-likeness (QED) is 0.233. The number of nitro groups is 1. The van der Waals surface area contributed by atoms with E-state index >= 15 is 0 Å². The second kappa shape index (κ2) is 9.25. The number of benzene rings is 1. The van der Waals surface area contributed by atoms with Gasteiger partial charge in [-0.25, -0.2) is 0 Å². The lowest BCUT2D eigenvalue weighted by atomic mass is 9.87. The van der Waals surface area contributed by atoms with Crippen LogP contribution >= 0.6 is 22.7 Å². The van der Waals surface area contributed by atoms with Crippen molar-refractivity contribution < 1.29 is 15.1 Å². The van der Waals surface area contributed by atoms with Gasteiger partial charge in [0, 0.05) is 24.0 Å². The van der Waals surface area contributed by atoms with Crippen molar-refractivity contribution in [2.24, 2.45) is 0 Å². The van der Waals surface area contributed by atoms with E-state index in [1.807, 2.05) is 27.7 Å². The first-order valence-corrected chi connectivity index (χ1v) is 13.1.